The number of aryl methyl sites for hydroxylation is 1. The standard InChI is InChI=1S/C19H20FN3O2/c1-5-8-23(4)19(24)15-7-6-14(20)10-16(15)13(3)25-17-9-12(2)11-22-18(17)21/h1,6-7,9-11,13H,8H2,2-4H3,(H2,21,22)/t13-/m1/s1. The van der Waals surface area contributed by atoms with Gasteiger partial charge in [0.15, 0.2) is 11.6 Å². The molecule has 0 aliphatic rings. The molecule has 1 heterocycles. The van der Waals surface area contributed by atoms with Crippen LogP contribution in [0.15, 0.2) is 30.5 Å². The van der Waals surface area contributed by atoms with Gasteiger partial charge in [0.1, 0.15) is 11.9 Å². The molecule has 0 spiro atoms. The fourth-order valence-electron chi connectivity index (χ4n) is 2.38. The molecule has 2 aromatic rings. The van der Waals surface area contributed by atoms with Crippen LogP contribution in [0.1, 0.15) is 34.5 Å². The van der Waals surface area contributed by atoms with E-state index in [1.54, 1.807) is 26.2 Å². The third-order valence-electron chi connectivity index (χ3n) is 3.68. The molecule has 0 saturated carbocycles. The van der Waals surface area contributed by atoms with E-state index < -0.39 is 11.9 Å². The summed E-state index contributed by atoms with van der Waals surface area (Å²) in [5, 5.41) is 0. The van der Waals surface area contributed by atoms with Crippen molar-refractivity contribution in [3.8, 4) is 18.1 Å². The summed E-state index contributed by atoms with van der Waals surface area (Å²) in [7, 11) is 1.59. The number of carbonyl (C=O) groups is 1. The van der Waals surface area contributed by atoms with Crippen molar-refractivity contribution in [1.82, 2.24) is 9.88 Å². The van der Waals surface area contributed by atoms with E-state index in [1.165, 1.54) is 23.1 Å². The van der Waals surface area contributed by atoms with Crippen LogP contribution in [0, 0.1) is 25.1 Å². The van der Waals surface area contributed by atoms with Crippen LogP contribution in [-0.2, 0) is 0 Å². The third-order valence-corrected chi connectivity index (χ3v) is 3.68. The Morgan fingerprint density at radius 2 is 2.20 bits per heavy atom. The summed E-state index contributed by atoms with van der Waals surface area (Å²) in [4.78, 5) is 18.0. The maximum Gasteiger partial charge on any atom is 0.254 e. The fraction of sp³-hybridized carbons (Fsp3) is 0.263. The van der Waals surface area contributed by atoms with Crippen LogP contribution >= 0.6 is 0 Å². The summed E-state index contributed by atoms with van der Waals surface area (Å²) in [6.45, 7) is 3.73. The van der Waals surface area contributed by atoms with Gasteiger partial charge in [0.2, 0.25) is 0 Å². The van der Waals surface area contributed by atoms with Gasteiger partial charge in [0, 0.05) is 24.4 Å². The molecule has 5 nitrogen and oxygen atoms in total. The number of nitrogens with zero attached hydrogens (tertiary/aromatic N) is 2. The molecule has 0 fully saturated rings. The number of benzene rings is 1. The van der Waals surface area contributed by atoms with E-state index in [-0.39, 0.29) is 18.3 Å². The van der Waals surface area contributed by atoms with Crippen molar-refractivity contribution < 1.29 is 13.9 Å². The van der Waals surface area contributed by atoms with Gasteiger partial charge in [0.05, 0.1) is 6.54 Å². The van der Waals surface area contributed by atoms with E-state index in [1.807, 2.05) is 6.92 Å². The number of pyridine rings is 1. The Balaban J connectivity index is 2.37. The van der Waals surface area contributed by atoms with Crippen LogP contribution < -0.4 is 10.5 Å². The van der Waals surface area contributed by atoms with Crippen molar-refractivity contribution >= 4 is 11.7 Å². The summed E-state index contributed by atoms with van der Waals surface area (Å²) >= 11 is 0. The first kappa shape index (κ1) is 18.3. The quantitative estimate of drug-likeness (QED) is 0.849. The molecule has 0 bridgehead atoms. The Bertz CT molecular complexity index is 830. The number of nitrogens with two attached hydrogens (primary N) is 1. The molecule has 2 rings (SSSR count). The number of halogens is 1. The van der Waals surface area contributed by atoms with Gasteiger partial charge in [-0.05, 0) is 43.7 Å². The average molecular weight is 341 g/mol. The minimum atomic E-state index is -0.611. The lowest BCUT2D eigenvalue weighted by Gasteiger charge is -2.21. The molecule has 6 heteroatoms. The summed E-state index contributed by atoms with van der Waals surface area (Å²) in [6.07, 6.45) is 6.26. The monoisotopic (exact) mass is 341 g/mol. The first-order chi connectivity index (χ1) is 11.8. The zero-order valence-corrected chi connectivity index (χ0v) is 14.4. The number of terminal acetylenes is 1. The molecule has 1 atom stereocenters. The van der Waals surface area contributed by atoms with Crippen LogP contribution in [0.5, 0.6) is 5.75 Å². The highest BCUT2D eigenvalue weighted by atomic mass is 19.1. The molecule has 0 unspecified atom stereocenters. The lowest BCUT2D eigenvalue weighted by Crippen LogP contribution is -2.28. The van der Waals surface area contributed by atoms with Crippen molar-refractivity contribution in [2.24, 2.45) is 0 Å². The van der Waals surface area contributed by atoms with Gasteiger partial charge in [-0.2, -0.15) is 0 Å². The maximum absolute atomic E-state index is 13.8. The van der Waals surface area contributed by atoms with Crippen LogP contribution in [0.4, 0.5) is 10.2 Å². The molecule has 0 aliphatic carbocycles. The van der Waals surface area contributed by atoms with Crippen LogP contribution in [0.2, 0.25) is 0 Å². The Labute approximate surface area is 146 Å². The number of aromatic nitrogens is 1. The molecule has 1 amide bonds. The summed E-state index contributed by atoms with van der Waals surface area (Å²) < 4.78 is 19.6. The van der Waals surface area contributed by atoms with Crippen molar-refractivity contribution in [2.75, 3.05) is 19.3 Å². The molecule has 2 N–H and O–H groups in total. The van der Waals surface area contributed by atoms with Crippen LogP contribution in [-0.4, -0.2) is 29.4 Å². The van der Waals surface area contributed by atoms with Gasteiger partial charge < -0.3 is 15.4 Å². The summed E-state index contributed by atoms with van der Waals surface area (Å²) in [5.74, 6) is 2.25. The number of rotatable bonds is 5. The van der Waals surface area contributed by atoms with Gasteiger partial charge in [-0.1, -0.05) is 5.92 Å². The van der Waals surface area contributed by atoms with E-state index in [9.17, 15) is 9.18 Å². The van der Waals surface area contributed by atoms with E-state index in [0.29, 0.717) is 16.9 Å². The minimum absolute atomic E-state index is 0.152. The van der Waals surface area contributed by atoms with Crippen LogP contribution in [0.25, 0.3) is 0 Å². The van der Waals surface area contributed by atoms with E-state index >= 15 is 0 Å². The number of amides is 1. The molecule has 0 saturated heterocycles. The SMILES string of the molecule is C#CCN(C)C(=O)c1ccc(F)cc1[C@@H](C)Oc1cc(C)cnc1N. The van der Waals surface area contributed by atoms with Gasteiger partial charge >= 0.3 is 0 Å². The van der Waals surface area contributed by atoms with Gasteiger partial charge in [-0.25, -0.2) is 9.37 Å². The second kappa shape index (κ2) is 7.67. The lowest BCUT2D eigenvalue weighted by atomic mass is 10.0. The maximum atomic E-state index is 13.8. The molecule has 1 aromatic heterocycles. The number of carbonyl (C=O) groups excluding carboxylic acids is 1. The topological polar surface area (TPSA) is 68.5 Å². The van der Waals surface area contributed by atoms with E-state index in [4.69, 9.17) is 16.9 Å². The number of nitrogen functional groups attached to an aromatic ring is 1. The third kappa shape index (κ3) is 4.27. The minimum Gasteiger partial charge on any atom is -0.482 e. The number of anilines is 1. The van der Waals surface area contributed by atoms with Crippen molar-refractivity contribution in [3.05, 3.63) is 53.0 Å². The highest BCUT2D eigenvalue weighted by Crippen LogP contribution is 2.29. The lowest BCUT2D eigenvalue weighted by molar-refractivity contribution is 0.0807. The van der Waals surface area contributed by atoms with E-state index in [0.717, 1.165) is 5.56 Å². The number of hydrogen-bond donors (Lipinski definition) is 1. The van der Waals surface area contributed by atoms with Crippen molar-refractivity contribution in [2.45, 2.75) is 20.0 Å². The molecule has 130 valence electrons. The molecule has 25 heavy (non-hydrogen) atoms. The zero-order valence-electron chi connectivity index (χ0n) is 14.4. The first-order valence-electron chi connectivity index (χ1n) is 7.70. The summed E-state index contributed by atoms with van der Waals surface area (Å²) in [6, 6.07) is 5.68. The van der Waals surface area contributed by atoms with Gasteiger partial charge in [-0.3, -0.25) is 4.79 Å². The van der Waals surface area contributed by atoms with Crippen LogP contribution in [0.3, 0.4) is 0 Å². The Kier molecular flexibility index (Phi) is 5.60. The summed E-state index contributed by atoms with van der Waals surface area (Å²) in [5.41, 5.74) is 7.44. The Morgan fingerprint density at radius 1 is 1.48 bits per heavy atom. The van der Waals surface area contributed by atoms with Crippen molar-refractivity contribution in [1.29, 1.82) is 0 Å². The Hall–Kier alpha value is -3.07. The predicted octanol–water partition coefficient (Wildman–Crippen LogP) is 2.96. The number of hydrogen-bond acceptors (Lipinski definition) is 4. The van der Waals surface area contributed by atoms with E-state index in [2.05, 4.69) is 10.9 Å². The molecule has 0 radical (unpaired) electrons. The largest absolute Gasteiger partial charge is 0.482 e. The zero-order chi connectivity index (χ0) is 18.6. The molecule has 0 aliphatic heterocycles. The normalized spacial score (nSPS) is 11.5. The molecular formula is C19H20FN3O2. The first-order valence-corrected chi connectivity index (χ1v) is 7.70. The second-order valence-electron chi connectivity index (χ2n) is 5.75. The highest BCUT2D eigenvalue weighted by Gasteiger charge is 2.21. The molecular weight excluding hydrogens is 321 g/mol. The predicted molar refractivity (Wildman–Crippen MR) is 94.6 cm³/mol. The number of ether oxygens (including phenoxy) is 1. The van der Waals surface area contributed by atoms with Crippen molar-refractivity contribution in [3.63, 3.8) is 0 Å². The van der Waals surface area contributed by atoms with Gasteiger partial charge in [0.25, 0.3) is 5.91 Å². The average Bonchev–Trinajstić information content (AvgIpc) is 2.57. The molecule has 1 aromatic carbocycles. The smallest absolute Gasteiger partial charge is 0.254 e. The van der Waals surface area contributed by atoms with Gasteiger partial charge in [-0.15, -0.1) is 6.42 Å². The fourth-order valence-corrected chi connectivity index (χ4v) is 2.38. The second-order valence-corrected chi connectivity index (χ2v) is 5.75. The highest BCUT2D eigenvalue weighted by molar-refractivity contribution is 5.95. The Morgan fingerprint density at radius 3 is 2.88 bits per heavy atom.